The Balaban J connectivity index is 1.97. The van der Waals surface area contributed by atoms with Gasteiger partial charge in [0.2, 0.25) is 88.6 Å². The van der Waals surface area contributed by atoms with E-state index in [2.05, 4.69) is 79.4 Å². The average molecular weight is 1800 g/mol. The van der Waals surface area contributed by atoms with Crippen LogP contribution < -0.4 is 103 Å². The molecule has 0 aliphatic carbocycles. The molecule has 0 spiro atoms. The Morgan fingerprint density at radius 2 is 0.835 bits per heavy atom. The number of benzene rings is 1. The van der Waals surface area contributed by atoms with E-state index in [0.29, 0.717) is 55.0 Å². The highest BCUT2D eigenvalue weighted by molar-refractivity contribution is 6.01. The molecule has 127 heavy (non-hydrogen) atoms. The number of nitrogens with one attached hydrogen (secondary N) is 15. The number of rotatable bonds is 62. The predicted molar refractivity (Wildman–Crippen MR) is 464 cm³/mol. The summed E-state index contributed by atoms with van der Waals surface area (Å²) < 4.78 is 0. The first-order valence-corrected chi connectivity index (χ1v) is 43.6. The fourth-order valence-corrected chi connectivity index (χ4v) is 14.1. The number of carboxylic acids is 3. The van der Waals surface area contributed by atoms with E-state index >= 15 is 9.59 Å². The number of nitrogens with two attached hydrogens (primary N) is 5. The van der Waals surface area contributed by atoms with E-state index in [0.717, 1.165) is 0 Å². The standard InChI is InChI=1S/C83H139N21O23/c1-10-47(8)68(102-74(118)54(26-15-19-35-86)94-77(121)60(43-105)99-72(116)53(25-14-18-34-85)92-73(117)56(30-32-64(110)111)91-62(107)40-88)81(125)103-69(48(9)106)82(126)101-67(46(6)7)80(124)98-59(39-49-41-89-51-23-12-11-22-50(49)51)76(120)100-66(45(4)5)79(123)96-57(27-16-20-36-87)83(127)104-37-21-28-61(104)78(122)97-58(38-44(2)3)75(119)93-52(24-13-17-33-84)71(115)95-55(29-31-63(108)109)70(114)90-42-65(112)113/h11-12,22-23,41,44-48,52-61,66-69,89,105-106H,10,13-21,24-40,42-43,84-88H2,1-9H3,(H,90,114)(H,91,107)(H,92,117)(H,93,119)(H,94,121)(H,95,115)(H,96,123)(H,97,122)(H,98,124)(H,99,116)(H,100,120)(H,101,126)(H,102,118)(H,103,125)(H,108,109)(H,110,111)(H,112,113)/t47-,48+,52-,53-,54-,55-,56-,57-,58-,59-,60-,61-,66-,67-,68-,69-/m0/s1. The Morgan fingerprint density at radius 3 is 1.28 bits per heavy atom. The van der Waals surface area contributed by atoms with Gasteiger partial charge in [-0.2, -0.15) is 0 Å². The summed E-state index contributed by atoms with van der Waals surface area (Å²) in [6.07, 6.45) is 0.710. The maximum absolute atomic E-state index is 15.1. The Kier molecular flexibility index (Phi) is 50.0. The number of H-pyrrole nitrogens is 1. The highest BCUT2D eigenvalue weighted by Gasteiger charge is 2.43. The normalized spacial score (nSPS) is 16.1. The zero-order chi connectivity index (χ0) is 95.3. The van der Waals surface area contributed by atoms with Crippen molar-refractivity contribution in [3.63, 3.8) is 0 Å². The monoisotopic (exact) mass is 1800 g/mol. The molecule has 1 fully saturated rings. The van der Waals surface area contributed by atoms with E-state index in [1.807, 2.05) is 0 Å². The highest BCUT2D eigenvalue weighted by atomic mass is 16.4. The molecule has 0 radical (unpaired) electrons. The molecule has 1 aliphatic heterocycles. The summed E-state index contributed by atoms with van der Waals surface area (Å²) in [5, 5.41) is 86.0. The first kappa shape index (κ1) is 110. The minimum Gasteiger partial charge on any atom is -0.481 e. The van der Waals surface area contributed by atoms with Gasteiger partial charge in [-0.1, -0.05) is 80.0 Å². The second-order valence-corrected chi connectivity index (χ2v) is 33.1. The van der Waals surface area contributed by atoms with E-state index < -0.39 is 254 Å². The summed E-state index contributed by atoms with van der Waals surface area (Å²) in [6, 6.07) is -13.7. The molecule has 30 N–H and O–H groups in total. The van der Waals surface area contributed by atoms with Gasteiger partial charge in [-0.15, -0.1) is 0 Å². The number of para-hydroxylation sites is 1. The van der Waals surface area contributed by atoms with Gasteiger partial charge in [0, 0.05) is 42.9 Å². The lowest BCUT2D eigenvalue weighted by molar-refractivity contribution is -0.143. The molecule has 16 atom stereocenters. The van der Waals surface area contributed by atoms with E-state index in [1.54, 1.807) is 85.9 Å². The van der Waals surface area contributed by atoms with Crippen molar-refractivity contribution < 1.29 is 112 Å². The molecule has 1 aliphatic rings. The molecule has 2 heterocycles. The molecule has 1 aromatic carbocycles. The fourth-order valence-electron chi connectivity index (χ4n) is 14.1. The van der Waals surface area contributed by atoms with Crippen molar-refractivity contribution in [1.82, 2.24) is 84.3 Å². The molecule has 3 rings (SSSR count). The maximum atomic E-state index is 15.1. The SMILES string of the molecule is CC[C@H](C)[C@H](NC(=O)[C@H](CCCCN)NC(=O)[C@H](CO)NC(=O)[C@H](CCCCN)NC(=O)[C@H](CCC(=O)O)NC(=O)CN)C(=O)N[C@H](C(=O)N[C@H](C(=O)N[C@@H](Cc1c[nH]c2ccccc12)C(=O)N[C@H](C(=O)N[C@@H](CCCCN)C(=O)N1CCC[C@H]1C(=O)N[C@@H](CC(C)C)C(=O)N[C@@H](CCCCN)C(=O)N[C@@H](CCC(=O)O)C(=O)NCC(=O)O)C(C)C)C(C)C)[C@@H](C)O. The number of aliphatic carboxylic acids is 3. The average Bonchev–Trinajstić information content (AvgIpc) is 1.71. The van der Waals surface area contributed by atoms with Gasteiger partial charge >= 0.3 is 17.9 Å². The van der Waals surface area contributed by atoms with Crippen molar-refractivity contribution >= 4 is 117 Å². The van der Waals surface area contributed by atoms with Crippen molar-refractivity contribution in [3.8, 4) is 0 Å². The first-order chi connectivity index (χ1) is 60.1. The minimum atomic E-state index is -1.85. The van der Waals surface area contributed by atoms with Gasteiger partial charge < -0.3 is 139 Å². The number of carbonyl (C=O) groups is 18. The summed E-state index contributed by atoms with van der Waals surface area (Å²) in [5.74, 6) is -20.3. The molecule has 1 saturated heterocycles. The van der Waals surface area contributed by atoms with Gasteiger partial charge in [0.15, 0.2) is 0 Å². The largest absolute Gasteiger partial charge is 0.481 e. The number of hydrogen-bond acceptors (Lipinski definition) is 25. The van der Waals surface area contributed by atoms with Crippen LogP contribution in [0.1, 0.15) is 196 Å². The summed E-state index contributed by atoms with van der Waals surface area (Å²) in [6.45, 7) is 12.7. The second-order valence-electron chi connectivity index (χ2n) is 33.1. The number of amides is 15. The van der Waals surface area contributed by atoms with E-state index in [9.17, 15) is 97.1 Å². The molecule has 15 amide bonds. The Bertz CT molecular complexity index is 3980. The number of carboxylic acid groups (broad SMARTS) is 3. The van der Waals surface area contributed by atoms with Crippen molar-refractivity contribution in [2.45, 2.75) is 288 Å². The molecule has 44 heteroatoms. The minimum absolute atomic E-state index is 0.000778. The van der Waals surface area contributed by atoms with Crippen LogP contribution in [0.25, 0.3) is 10.9 Å². The predicted octanol–water partition coefficient (Wildman–Crippen LogP) is -4.81. The Hall–Kier alpha value is -11.1. The van der Waals surface area contributed by atoms with Gasteiger partial charge in [-0.25, -0.2) is 0 Å². The molecule has 0 bridgehead atoms. The number of hydrogen-bond donors (Lipinski definition) is 25. The lowest BCUT2D eigenvalue weighted by Crippen LogP contribution is -2.63. The topological polar surface area (TPSA) is 726 Å². The molecule has 714 valence electrons. The number of fused-ring (bicyclic) bond motifs is 1. The Labute approximate surface area is 739 Å². The van der Waals surface area contributed by atoms with Crippen LogP contribution in [0, 0.1) is 23.7 Å². The third-order valence-electron chi connectivity index (χ3n) is 21.6. The second kappa shape index (κ2) is 57.6. The summed E-state index contributed by atoms with van der Waals surface area (Å²) >= 11 is 0. The van der Waals surface area contributed by atoms with Crippen molar-refractivity contribution in [1.29, 1.82) is 0 Å². The van der Waals surface area contributed by atoms with Crippen molar-refractivity contribution in [2.75, 3.05) is 52.4 Å². The molecule has 1 aromatic heterocycles. The van der Waals surface area contributed by atoms with Gasteiger partial charge in [-0.05, 0) is 178 Å². The van der Waals surface area contributed by atoms with Gasteiger partial charge in [0.1, 0.15) is 91.1 Å². The van der Waals surface area contributed by atoms with E-state index in [-0.39, 0.29) is 116 Å². The van der Waals surface area contributed by atoms with E-state index in [1.165, 1.54) is 11.8 Å². The number of unbranched alkanes of at least 4 members (excludes halogenated alkanes) is 4. The van der Waals surface area contributed by atoms with Crippen LogP contribution in [-0.2, 0) is 92.7 Å². The van der Waals surface area contributed by atoms with Crippen LogP contribution in [0.3, 0.4) is 0 Å². The smallest absolute Gasteiger partial charge is 0.322 e. The molecular weight excluding hydrogens is 1660 g/mol. The zero-order valence-corrected chi connectivity index (χ0v) is 74.3. The van der Waals surface area contributed by atoms with Crippen LogP contribution in [0.5, 0.6) is 0 Å². The van der Waals surface area contributed by atoms with Gasteiger partial charge in [0.05, 0.1) is 19.3 Å². The molecule has 0 saturated carbocycles. The van der Waals surface area contributed by atoms with Crippen LogP contribution >= 0.6 is 0 Å². The van der Waals surface area contributed by atoms with Crippen LogP contribution in [0.4, 0.5) is 0 Å². The number of aromatic amines is 1. The molecule has 0 unspecified atom stereocenters. The van der Waals surface area contributed by atoms with Crippen LogP contribution in [-0.4, -0.2) is 285 Å². The lowest BCUT2D eigenvalue weighted by Gasteiger charge is -2.32. The van der Waals surface area contributed by atoms with Crippen LogP contribution in [0.2, 0.25) is 0 Å². The summed E-state index contributed by atoms with van der Waals surface area (Å²) in [5.41, 5.74) is 29.7. The number of nitrogens with zero attached hydrogens (tertiary/aromatic N) is 1. The summed E-state index contributed by atoms with van der Waals surface area (Å²) in [7, 11) is 0. The number of carbonyl (C=O) groups excluding carboxylic acids is 15. The molecule has 44 nitrogen and oxygen atoms in total. The zero-order valence-electron chi connectivity index (χ0n) is 74.3. The quantitative estimate of drug-likeness (QED) is 0.0276. The van der Waals surface area contributed by atoms with Gasteiger partial charge in [-0.3, -0.25) is 86.3 Å². The summed E-state index contributed by atoms with van der Waals surface area (Å²) in [4.78, 5) is 252. The third-order valence-corrected chi connectivity index (χ3v) is 21.6. The number of likely N-dealkylation sites (tertiary alicyclic amines) is 1. The first-order valence-electron chi connectivity index (χ1n) is 43.6. The fraction of sp³-hybridized carbons (Fsp3) is 0.687. The van der Waals surface area contributed by atoms with E-state index in [4.69, 9.17) is 33.8 Å². The molecule has 2 aromatic rings. The maximum Gasteiger partial charge on any atom is 0.322 e. The number of aliphatic hydroxyl groups excluding tert-OH is 2. The lowest BCUT2D eigenvalue weighted by atomic mass is 9.96. The van der Waals surface area contributed by atoms with Crippen molar-refractivity contribution in [2.24, 2.45) is 52.3 Å². The third kappa shape index (κ3) is 38.2. The van der Waals surface area contributed by atoms with Crippen LogP contribution in [0.15, 0.2) is 30.5 Å². The number of aliphatic hydroxyl groups is 2. The van der Waals surface area contributed by atoms with Gasteiger partial charge in [0.25, 0.3) is 0 Å². The Morgan fingerprint density at radius 1 is 0.441 bits per heavy atom. The molecular formula is C83H139N21O23. The number of aromatic nitrogens is 1. The highest BCUT2D eigenvalue weighted by Crippen LogP contribution is 2.24. The van der Waals surface area contributed by atoms with Crippen molar-refractivity contribution in [3.05, 3.63) is 36.0 Å².